The molecule has 0 aliphatic rings. The quantitative estimate of drug-likeness (QED) is 0.775. The van der Waals surface area contributed by atoms with Gasteiger partial charge in [-0.15, -0.1) is 0 Å². The lowest BCUT2D eigenvalue weighted by Crippen LogP contribution is -2.08. The van der Waals surface area contributed by atoms with Crippen LogP contribution in [0.5, 0.6) is 0 Å². The highest BCUT2D eigenvalue weighted by molar-refractivity contribution is 8.45. The van der Waals surface area contributed by atoms with E-state index in [1.807, 2.05) is 0 Å². The van der Waals surface area contributed by atoms with Crippen LogP contribution in [0.1, 0.15) is 0 Å². The Kier molecular flexibility index (Phi) is 1.84. The van der Waals surface area contributed by atoms with Gasteiger partial charge in [0.15, 0.2) is 5.43 Å². The van der Waals surface area contributed by atoms with E-state index in [1.54, 1.807) is 0 Å². The predicted molar refractivity (Wildman–Crippen MR) is 56.0 cm³/mol. The number of nitrogens with one attached hydrogen (secondary N) is 1. The molecule has 0 saturated carbocycles. The van der Waals surface area contributed by atoms with E-state index < -0.39 is 25.9 Å². The SMILES string of the molecule is O=c1cc[nH]c2ccc(S(F)(F)(F)(F)F)cc12. The average Bonchev–Trinajstić information content (AvgIpc) is 2.14. The van der Waals surface area contributed by atoms with Gasteiger partial charge in [-0.25, -0.2) is 0 Å². The van der Waals surface area contributed by atoms with E-state index in [-0.39, 0.29) is 17.6 Å². The minimum absolute atomic E-state index is 0.0723. The molecule has 1 N–H and O–H groups in total. The van der Waals surface area contributed by atoms with Crippen LogP contribution in [0.25, 0.3) is 10.9 Å². The molecule has 17 heavy (non-hydrogen) atoms. The van der Waals surface area contributed by atoms with Crippen molar-refractivity contribution in [3.63, 3.8) is 0 Å². The summed E-state index contributed by atoms with van der Waals surface area (Å²) in [6.07, 6.45) is 1.23. The molecule has 0 bridgehead atoms. The molecule has 2 rings (SSSR count). The van der Waals surface area contributed by atoms with Gasteiger partial charge in [-0.2, -0.15) is 0 Å². The van der Waals surface area contributed by atoms with E-state index in [0.29, 0.717) is 0 Å². The summed E-state index contributed by atoms with van der Waals surface area (Å²) < 4.78 is 62.5. The van der Waals surface area contributed by atoms with Gasteiger partial charge in [0, 0.05) is 23.2 Å². The lowest BCUT2D eigenvalue weighted by molar-refractivity contribution is 0.364. The lowest BCUT2D eigenvalue weighted by Gasteiger charge is -2.40. The van der Waals surface area contributed by atoms with Gasteiger partial charge in [0.25, 0.3) is 0 Å². The smallest absolute Gasteiger partial charge is 0.310 e. The number of aromatic amines is 1. The van der Waals surface area contributed by atoms with E-state index in [2.05, 4.69) is 4.98 Å². The highest BCUT2D eigenvalue weighted by Crippen LogP contribution is 3.02. The molecule has 0 saturated heterocycles. The van der Waals surface area contributed by atoms with Crippen LogP contribution in [0.15, 0.2) is 40.2 Å². The van der Waals surface area contributed by atoms with Crippen LogP contribution in [0.3, 0.4) is 0 Å². The molecule has 1 heterocycles. The Bertz CT molecular complexity index is 660. The lowest BCUT2D eigenvalue weighted by atomic mass is 10.2. The fourth-order valence-corrected chi connectivity index (χ4v) is 2.06. The molecule has 0 fully saturated rings. The Labute approximate surface area is 91.8 Å². The molecule has 8 heteroatoms. The highest BCUT2D eigenvalue weighted by Gasteiger charge is 2.65. The highest BCUT2D eigenvalue weighted by atomic mass is 32.5. The summed E-state index contributed by atoms with van der Waals surface area (Å²) in [6, 6.07) is 2.22. The van der Waals surface area contributed by atoms with Gasteiger partial charge in [-0.1, -0.05) is 19.4 Å². The van der Waals surface area contributed by atoms with E-state index in [1.165, 1.54) is 6.20 Å². The van der Waals surface area contributed by atoms with Crippen LogP contribution in [0, 0.1) is 0 Å². The second-order valence-electron chi connectivity index (χ2n) is 3.52. The van der Waals surface area contributed by atoms with Gasteiger partial charge in [0.05, 0.1) is 0 Å². The molecule has 1 aromatic carbocycles. The van der Waals surface area contributed by atoms with Crippen molar-refractivity contribution in [2.45, 2.75) is 4.90 Å². The molecule has 0 aliphatic carbocycles. The topological polar surface area (TPSA) is 32.9 Å². The van der Waals surface area contributed by atoms with Crippen LogP contribution < -0.4 is 5.43 Å². The number of pyridine rings is 1. The van der Waals surface area contributed by atoms with Gasteiger partial charge in [-0.3, -0.25) is 4.79 Å². The first-order chi connectivity index (χ1) is 7.47. The summed E-state index contributed by atoms with van der Waals surface area (Å²) in [6.45, 7) is 0. The number of hydrogen-bond acceptors (Lipinski definition) is 1. The maximum Gasteiger partial charge on any atom is 0.310 e. The molecule has 0 aliphatic heterocycles. The summed E-state index contributed by atoms with van der Waals surface area (Å²) in [7, 11) is -9.73. The Morgan fingerprint density at radius 2 is 1.65 bits per heavy atom. The molecular formula is C9H6F5NOS. The van der Waals surface area contributed by atoms with Crippen LogP contribution in [-0.2, 0) is 0 Å². The molecule has 0 amide bonds. The molecule has 2 aromatic rings. The van der Waals surface area contributed by atoms with Crippen LogP contribution >= 0.6 is 10.2 Å². The molecule has 94 valence electrons. The van der Waals surface area contributed by atoms with Gasteiger partial charge in [-0.05, 0) is 18.2 Å². The standard InChI is InChI=1S/C9H6F5NOS/c10-17(11,12,13,14)6-1-2-8-7(5-6)9(16)3-4-15-8/h1-5H,(H,15,16). The first kappa shape index (κ1) is 11.9. The van der Waals surface area contributed by atoms with Crippen molar-refractivity contribution >= 4 is 21.1 Å². The number of fused-ring (bicyclic) bond motifs is 1. The molecule has 1 aromatic heterocycles. The zero-order valence-electron chi connectivity index (χ0n) is 8.09. The van der Waals surface area contributed by atoms with Crippen molar-refractivity contribution in [1.82, 2.24) is 4.98 Å². The van der Waals surface area contributed by atoms with E-state index in [9.17, 15) is 24.2 Å². The third-order valence-electron chi connectivity index (χ3n) is 2.18. The number of rotatable bonds is 1. The Morgan fingerprint density at radius 1 is 1.00 bits per heavy atom. The molecular weight excluding hydrogens is 265 g/mol. The van der Waals surface area contributed by atoms with Gasteiger partial charge >= 0.3 is 10.2 Å². The summed E-state index contributed by atoms with van der Waals surface area (Å²) >= 11 is 0. The van der Waals surface area contributed by atoms with Gasteiger partial charge < -0.3 is 4.98 Å². The normalized spacial score (nSPS) is 16.5. The summed E-state index contributed by atoms with van der Waals surface area (Å²) in [5.41, 5.74) is -0.675. The number of benzene rings is 1. The van der Waals surface area contributed by atoms with E-state index >= 15 is 0 Å². The van der Waals surface area contributed by atoms with Crippen molar-refractivity contribution in [1.29, 1.82) is 0 Å². The van der Waals surface area contributed by atoms with Crippen molar-refractivity contribution in [2.75, 3.05) is 0 Å². The third kappa shape index (κ3) is 2.26. The zero-order chi connectivity index (χ0) is 13.0. The van der Waals surface area contributed by atoms with Crippen LogP contribution in [0.2, 0.25) is 0 Å². The summed E-state index contributed by atoms with van der Waals surface area (Å²) in [5, 5.41) is -0.418. The van der Waals surface area contributed by atoms with Crippen LogP contribution in [-0.4, -0.2) is 4.98 Å². The fourth-order valence-electron chi connectivity index (χ4n) is 1.39. The molecule has 0 spiro atoms. The predicted octanol–water partition coefficient (Wildman–Crippen LogP) is 4.19. The van der Waals surface area contributed by atoms with Crippen molar-refractivity contribution in [3.05, 3.63) is 40.7 Å². The summed E-state index contributed by atoms with van der Waals surface area (Å²) in [4.78, 5) is 11.7. The van der Waals surface area contributed by atoms with Gasteiger partial charge in [0.2, 0.25) is 0 Å². The second-order valence-corrected chi connectivity index (χ2v) is 5.93. The van der Waals surface area contributed by atoms with Crippen molar-refractivity contribution < 1.29 is 19.4 Å². The monoisotopic (exact) mass is 271 g/mol. The number of hydrogen-bond donors (Lipinski definition) is 1. The fraction of sp³-hybridized carbons (Fsp3) is 0. The Morgan fingerprint density at radius 3 is 2.24 bits per heavy atom. The van der Waals surface area contributed by atoms with Crippen LogP contribution in [0.4, 0.5) is 19.4 Å². The molecule has 0 unspecified atom stereocenters. The Hall–Kier alpha value is -1.57. The van der Waals surface area contributed by atoms with Crippen molar-refractivity contribution in [2.24, 2.45) is 0 Å². The average molecular weight is 271 g/mol. The summed E-state index contributed by atoms with van der Waals surface area (Å²) in [5.74, 6) is 0. The largest absolute Gasteiger partial charge is 0.361 e. The number of aromatic nitrogens is 1. The maximum absolute atomic E-state index is 12.5. The second kappa shape index (κ2) is 2.63. The number of H-pyrrole nitrogens is 1. The minimum atomic E-state index is -9.73. The number of halogens is 5. The molecule has 2 nitrogen and oxygen atoms in total. The third-order valence-corrected chi connectivity index (χ3v) is 3.32. The zero-order valence-corrected chi connectivity index (χ0v) is 8.91. The van der Waals surface area contributed by atoms with E-state index in [0.717, 1.165) is 12.1 Å². The molecule has 0 atom stereocenters. The Balaban J connectivity index is 2.86. The van der Waals surface area contributed by atoms with Gasteiger partial charge in [0.1, 0.15) is 4.90 Å². The minimum Gasteiger partial charge on any atom is -0.361 e. The maximum atomic E-state index is 12.5. The molecule has 0 radical (unpaired) electrons. The van der Waals surface area contributed by atoms with E-state index in [4.69, 9.17) is 0 Å². The first-order valence-corrected chi connectivity index (χ1v) is 6.28. The van der Waals surface area contributed by atoms with Crippen molar-refractivity contribution in [3.8, 4) is 0 Å². The first-order valence-electron chi connectivity index (χ1n) is 4.33.